The molecule has 0 fully saturated rings. The highest BCUT2D eigenvalue weighted by Gasteiger charge is 2.25. The van der Waals surface area contributed by atoms with Crippen molar-refractivity contribution in [3.05, 3.63) is 89.7 Å². The number of rotatable bonds is 7. The lowest BCUT2D eigenvalue weighted by Gasteiger charge is -2.10. The molecule has 0 bridgehead atoms. The second kappa shape index (κ2) is 9.77. The number of Topliss-reactive ketones (excluding diaryl/α,β-unsaturated/α-hetero) is 1. The summed E-state index contributed by atoms with van der Waals surface area (Å²) in [6, 6.07) is 19.8. The number of aliphatic hydroxyl groups excluding tert-OH is 1. The van der Waals surface area contributed by atoms with Gasteiger partial charge in [-0.15, -0.1) is 16.2 Å². The van der Waals surface area contributed by atoms with Crippen molar-refractivity contribution in [1.82, 2.24) is 9.97 Å². The summed E-state index contributed by atoms with van der Waals surface area (Å²) in [6.45, 7) is 1.36. The minimum Gasteiger partial charge on any atom is -0.506 e. The first-order chi connectivity index (χ1) is 16.7. The van der Waals surface area contributed by atoms with Crippen molar-refractivity contribution in [2.45, 2.75) is 16.7 Å². The maximum atomic E-state index is 13.7. The van der Waals surface area contributed by atoms with Gasteiger partial charge in [0.05, 0.1) is 15.9 Å². The Morgan fingerprint density at radius 2 is 1.74 bits per heavy atom. The number of imidazole rings is 1. The number of sulfonamides is 1. The van der Waals surface area contributed by atoms with Crippen LogP contribution in [0.4, 0.5) is 0 Å². The van der Waals surface area contributed by atoms with Gasteiger partial charge >= 0.3 is 0 Å². The number of aromatic amines is 1. The molecular weight excluding hydrogens is 484 g/mol. The van der Waals surface area contributed by atoms with Crippen molar-refractivity contribution in [1.29, 1.82) is 0 Å². The van der Waals surface area contributed by atoms with Crippen LogP contribution in [0.25, 0.3) is 22.4 Å². The number of allylic oxidation sites excluding steroid dienone is 1. The molecule has 0 unspecified atom stereocenters. The van der Waals surface area contributed by atoms with Gasteiger partial charge in [0.2, 0.25) is 5.78 Å². The molecule has 1 aromatic heterocycles. The van der Waals surface area contributed by atoms with Gasteiger partial charge in [-0.2, -0.15) is 8.42 Å². The Morgan fingerprint density at radius 3 is 2.46 bits per heavy atom. The number of carbonyl (C=O) groups is 1. The molecule has 0 radical (unpaired) electrons. The summed E-state index contributed by atoms with van der Waals surface area (Å²) >= 11 is 1.48. The molecule has 0 aliphatic heterocycles. The second-order valence-electron chi connectivity index (χ2n) is 7.62. The van der Waals surface area contributed by atoms with Gasteiger partial charge < -0.3 is 15.8 Å². The number of nitrogens with two attached hydrogens (primary N) is 1. The molecular formula is C25H22N4O4S2. The predicted octanol–water partition coefficient (Wildman–Crippen LogP) is 4.66. The van der Waals surface area contributed by atoms with Crippen LogP contribution in [0.5, 0.6) is 0 Å². The zero-order chi connectivity index (χ0) is 25.2. The van der Waals surface area contributed by atoms with Crippen LogP contribution in [0.2, 0.25) is 0 Å². The Bertz CT molecular complexity index is 1570. The van der Waals surface area contributed by atoms with Gasteiger partial charge in [-0.25, -0.2) is 4.98 Å². The van der Waals surface area contributed by atoms with Crippen LogP contribution in [0.1, 0.15) is 28.7 Å². The molecule has 4 aromatic rings. The Labute approximate surface area is 206 Å². The summed E-state index contributed by atoms with van der Waals surface area (Å²) in [4.78, 5) is 22.0. The highest BCUT2D eigenvalue weighted by Crippen LogP contribution is 2.30. The van der Waals surface area contributed by atoms with E-state index in [1.807, 2.05) is 24.5 Å². The van der Waals surface area contributed by atoms with Gasteiger partial charge in [0, 0.05) is 16.0 Å². The van der Waals surface area contributed by atoms with E-state index in [4.69, 9.17) is 5.73 Å². The monoisotopic (exact) mass is 506 g/mol. The molecule has 4 N–H and O–H groups in total. The lowest BCUT2D eigenvalue weighted by molar-refractivity contribution is 0.105. The van der Waals surface area contributed by atoms with E-state index in [2.05, 4.69) is 14.4 Å². The van der Waals surface area contributed by atoms with E-state index in [0.717, 1.165) is 4.90 Å². The van der Waals surface area contributed by atoms with Crippen molar-refractivity contribution < 1.29 is 18.3 Å². The average Bonchev–Trinajstić information content (AvgIpc) is 3.27. The number of nitrogens with zero attached hydrogens (tertiary/aromatic N) is 2. The van der Waals surface area contributed by atoms with Gasteiger partial charge in [-0.05, 0) is 49.6 Å². The first-order valence-corrected chi connectivity index (χ1v) is 13.1. The Kier molecular flexibility index (Phi) is 6.77. The summed E-state index contributed by atoms with van der Waals surface area (Å²) < 4.78 is 28.6. The molecule has 0 spiro atoms. The van der Waals surface area contributed by atoms with Crippen LogP contribution in [-0.2, 0) is 10.0 Å². The van der Waals surface area contributed by atoms with Crippen LogP contribution in [0.3, 0.4) is 0 Å². The van der Waals surface area contributed by atoms with Crippen LogP contribution in [-0.4, -0.2) is 41.4 Å². The summed E-state index contributed by atoms with van der Waals surface area (Å²) in [5.41, 5.74) is 7.13. The molecule has 0 saturated heterocycles. The fraction of sp³-hybridized carbons (Fsp3) is 0.0800. The fourth-order valence-corrected chi connectivity index (χ4v) is 4.97. The summed E-state index contributed by atoms with van der Waals surface area (Å²) in [5.74, 6) is -0.857. The fourth-order valence-electron chi connectivity index (χ4n) is 3.50. The molecule has 3 aromatic carbocycles. The summed E-state index contributed by atoms with van der Waals surface area (Å²) in [7, 11) is -4.09. The number of para-hydroxylation sites is 2. The average molecular weight is 507 g/mol. The number of carbonyl (C=O) groups excluding carboxylic acids is 1. The largest absolute Gasteiger partial charge is 0.506 e. The number of H-pyrrole nitrogens is 1. The maximum absolute atomic E-state index is 13.7. The topological polar surface area (TPSA) is 138 Å². The molecule has 0 aliphatic carbocycles. The van der Waals surface area contributed by atoms with E-state index in [-0.39, 0.29) is 27.7 Å². The summed E-state index contributed by atoms with van der Waals surface area (Å²) in [5, 5.41) is 11.3. The van der Waals surface area contributed by atoms with E-state index in [1.54, 1.807) is 30.3 Å². The molecule has 0 saturated carbocycles. The quantitative estimate of drug-likeness (QED) is 0.0827. The SMILES string of the molecule is CSc1cccc(C(=O)C(=C(O)c2cccc(S(=O)(=O)N=C(C)N)c2)c2nc3ccccc3[nH]2)c1. The molecule has 1 heterocycles. The van der Waals surface area contributed by atoms with Crippen molar-refractivity contribution in [2.75, 3.05) is 6.26 Å². The molecule has 0 aliphatic rings. The van der Waals surface area contributed by atoms with E-state index in [1.165, 1.54) is 43.0 Å². The first kappa shape index (κ1) is 24.2. The third kappa shape index (κ3) is 5.13. The molecule has 10 heteroatoms. The Balaban J connectivity index is 1.94. The zero-order valence-electron chi connectivity index (χ0n) is 18.9. The number of benzene rings is 3. The summed E-state index contributed by atoms with van der Waals surface area (Å²) in [6.07, 6.45) is 1.90. The number of fused-ring (bicyclic) bond motifs is 1. The Morgan fingerprint density at radius 1 is 1.03 bits per heavy atom. The highest BCUT2D eigenvalue weighted by atomic mass is 32.2. The van der Waals surface area contributed by atoms with E-state index in [0.29, 0.717) is 16.6 Å². The third-order valence-corrected chi connectivity index (χ3v) is 7.19. The number of aliphatic hydroxyl groups is 1. The van der Waals surface area contributed by atoms with Crippen molar-refractivity contribution >= 4 is 55.8 Å². The predicted molar refractivity (Wildman–Crippen MR) is 139 cm³/mol. The highest BCUT2D eigenvalue weighted by molar-refractivity contribution is 7.98. The first-order valence-electron chi connectivity index (χ1n) is 10.4. The van der Waals surface area contributed by atoms with Gasteiger partial charge in [-0.1, -0.05) is 36.4 Å². The van der Waals surface area contributed by atoms with Gasteiger partial charge in [0.15, 0.2) is 0 Å². The number of nitrogens with one attached hydrogen (secondary N) is 1. The van der Waals surface area contributed by atoms with Gasteiger partial charge in [-0.3, -0.25) is 4.79 Å². The van der Waals surface area contributed by atoms with Gasteiger partial charge in [0.25, 0.3) is 10.0 Å². The number of aromatic nitrogens is 2. The van der Waals surface area contributed by atoms with Crippen LogP contribution in [0.15, 0.2) is 87.0 Å². The zero-order valence-corrected chi connectivity index (χ0v) is 20.5. The Hall–Kier alpha value is -3.89. The molecule has 4 rings (SSSR count). The van der Waals surface area contributed by atoms with Crippen molar-refractivity contribution in [3.63, 3.8) is 0 Å². The van der Waals surface area contributed by atoms with E-state index < -0.39 is 21.6 Å². The molecule has 0 amide bonds. The van der Waals surface area contributed by atoms with Crippen molar-refractivity contribution in [2.24, 2.45) is 10.1 Å². The molecule has 0 atom stereocenters. The van der Waals surface area contributed by atoms with Crippen LogP contribution < -0.4 is 5.73 Å². The molecule has 8 nitrogen and oxygen atoms in total. The van der Waals surface area contributed by atoms with Crippen LogP contribution >= 0.6 is 11.8 Å². The second-order valence-corrected chi connectivity index (χ2v) is 10.1. The maximum Gasteiger partial charge on any atom is 0.283 e. The minimum atomic E-state index is -4.09. The minimum absolute atomic E-state index is 0.0903. The smallest absolute Gasteiger partial charge is 0.283 e. The lowest BCUT2D eigenvalue weighted by Crippen LogP contribution is -2.10. The number of hydrogen-bond acceptors (Lipinski definition) is 6. The van der Waals surface area contributed by atoms with E-state index in [9.17, 15) is 18.3 Å². The lowest BCUT2D eigenvalue weighted by atomic mass is 9.99. The molecule has 35 heavy (non-hydrogen) atoms. The van der Waals surface area contributed by atoms with E-state index >= 15 is 0 Å². The number of ketones is 1. The normalized spacial score (nSPS) is 13.0. The standard InChI is InChI=1S/C25H22N4O4S2/c1-15(26)29-35(32,33)19-10-6-8-17(14-19)24(31)22(23(30)16-7-5-9-18(13-16)34-2)25-27-20-11-3-4-12-21(20)28-25/h3-14,31H,1-2H3,(H2,26,29)(H,27,28). The van der Waals surface area contributed by atoms with Crippen molar-refractivity contribution in [3.8, 4) is 0 Å². The van der Waals surface area contributed by atoms with Gasteiger partial charge in [0.1, 0.15) is 23.0 Å². The number of amidine groups is 1. The van der Waals surface area contributed by atoms with Crippen LogP contribution in [0, 0.1) is 0 Å². The third-order valence-electron chi connectivity index (χ3n) is 5.09. The number of thioether (sulfide) groups is 1. The molecule has 178 valence electrons. The number of hydrogen-bond donors (Lipinski definition) is 3.